The van der Waals surface area contributed by atoms with Gasteiger partial charge >= 0.3 is 0 Å². The van der Waals surface area contributed by atoms with E-state index in [1.807, 2.05) is 0 Å². The Hall–Kier alpha value is -1.84. The van der Waals surface area contributed by atoms with E-state index < -0.39 is 0 Å². The maximum absolute atomic E-state index is 13.1. The average Bonchev–Trinajstić information content (AvgIpc) is 2.58. The van der Waals surface area contributed by atoms with Crippen molar-refractivity contribution in [1.29, 1.82) is 0 Å². The van der Waals surface area contributed by atoms with Gasteiger partial charge in [0.2, 0.25) is 0 Å². The van der Waals surface area contributed by atoms with Crippen molar-refractivity contribution in [3.8, 4) is 5.69 Å². The van der Waals surface area contributed by atoms with Crippen molar-refractivity contribution in [2.24, 2.45) is 5.92 Å². The van der Waals surface area contributed by atoms with Crippen LogP contribution in [0.15, 0.2) is 35.1 Å². The highest BCUT2D eigenvalue weighted by atomic mass is 19.1. The molecule has 0 aliphatic rings. The van der Waals surface area contributed by atoms with E-state index >= 15 is 0 Å². The number of benzene rings is 1. The van der Waals surface area contributed by atoms with Crippen molar-refractivity contribution in [3.05, 3.63) is 52.2 Å². The first-order chi connectivity index (χ1) is 8.06. The van der Waals surface area contributed by atoms with Crippen LogP contribution in [0.25, 0.3) is 5.69 Å². The van der Waals surface area contributed by atoms with Gasteiger partial charge < -0.3 is 0 Å². The predicted octanol–water partition coefficient (Wildman–Crippen LogP) is 2.50. The topological polar surface area (TPSA) is 37.8 Å². The van der Waals surface area contributed by atoms with Gasteiger partial charge in [-0.05, 0) is 30.5 Å². The molecule has 1 aromatic carbocycles. The summed E-state index contributed by atoms with van der Waals surface area (Å²) < 4.78 is 14.4. The van der Waals surface area contributed by atoms with E-state index in [1.54, 1.807) is 18.2 Å². The molecule has 1 heterocycles. The highest BCUT2D eigenvalue weighted by Crippen LogP contribution is 2.08. The van der Waals surface area contributed by atoms with Crippen LogP contribution in [-0.2, 0) is 6.42 Å². The normalized spacial score (nSPS) is 11.1. The van der Waals surface area contributed by atoms with Crippen LogP contribution in [0.5, 0.6) is 0 Å². The van der Waals surface area contributed by atoms with Gasteiger partial charge in [0.1, 0.15) is 5.82 Å². The second-order valence-corrected chi connectivity index (χ2v) is 4.53. The molecule has 0 unspecified atom stereocenters. The summed E-state index contributed by atoms with van der Waals surface area (Å²) in [6.07, 6.45) is 0.803. The van der Waals surface area contributed by atoms with Crippen LogP contribution in [0.3, 0.4) is 0 Å². The molecule has 2 aromatic rings. The highest BCUT2D eigenvalue weighted by molar-refractivity contribution is 5.31. The molecule has 0 aliphatic heterocycles. The van der Waals surface area contributed by atoms with Crippen molar-refractivity contribution >= 4 is 0 Å². The minimum Gasteiger partial charge on any atom is -0.295 e. The minimum absolute atomic E-state index is 0.161. The number of rotatable bonds is 3. The molecule has 0 saturated heterocycles. The Kier molecular flexibility index (Phi) is 3.13. The van der Waals surface area contributed by atoms with Crippen LogP contribution in [0.1, 0.15) is 19.5 Å². The zero-order chi connectivity index (χ0) is 12.4. The highest BCUT2D eigenvalue weighted by Gasteiger charge is 2.07. The minimum atomic E-state index is -0.352. The molecule has 3 nitrogen and oxygen atoms in total. The molecule has 0 radical (unpaired) electrons. The standard InChI is InChI=1S/C13H15FN2O/c1-9(2)6-11-8-13(17)16(15-11)12-5-3-4-10(14)7-12/h3-5,7-9,15H,6H2,1-2H3. The van der Waals surface area contributed by atoms with E-state index in [-0.39, 0.29) is 11.4 Å². The lowest BCUT2D eigenvalue weighted by molar-refractivity contribution is 0.619. The average molecular weight is 234 g/mol. The summed E-state index contributed by atoms with van der Waals surface area (Å²) >= 11 is 0. The Morgan fingerprint density at radius 2 is 2.12 bits per heavy atom. The van der Waals surface area contributed by atoms with E-state index in [9.17, 15) is 9.18 Å². The van der Waals surface area contributed by atoms with Crippen molar-refractivity contribution in [2.75, 3.05) is 0 Å². The van der Waals surface area contributed by atoms with Gasteiger partial charge in [-0.2, -0.15) is 0 Å². The molecule has 0 saturated carbocycles. The second kappa shape index (κ2) is 4.57. The monoisotopic (exact) mass is 234 g/mol. The van der Waals surface area contributed by atoms with E-state index in [1.165, 1.54) is 16.8 Å². The van der Waals surface area contributed by atoms with Crippen LogP contribution in [0.4, 0.5) is 4.39 Å². The SMILES string of the molecule is CC(C)Cc1cc(=O)n(-c2cccc(F)c2)[nH]1. The quantitative estimate of drug-likeness (QED) is 0.870. The predicted molar refractivity (Wildman–Crippen MR) is 64.9 cm³/mol. The fraction of sp³-hybridized carbons (Fsp3) is 0.308. The molecular formula is C13H15FN2O. The third kappa shape index (κ3) is 2.64. The Balaban J connectivity index is 2.39. The van der Waals surface area contributed by atoms with Crippen LogP contribution in [-0.4, -0.2) is 9.78 Å². The lowest BCUT2D eigenvalue weighted by atomic mass is 10.1. The van der Waals surface area contributed by atoms with E-state index in [0.717, 1.165) is 12.1 Å². The van der Waals surface area contributed by atoms with Crippen LogP contribution < -0.4 is 5.56 Å². The maximum Gasteiger partial charge on any atom is 0.271 e. The summed E-state index contributed by atoms with van der Waals surface area (Å²) in [4.78, 5) is 11.7. The van der Waals surface area contributed by atoms with Crippen LogP contribution in [0.2, 0.25) is 0 Å². The van der Waals surface area contributed by atoms with Crippen LogP contribution >= 0.6 is 0 Å². The molecule has 0 spiro atoms. The number of nitrogens with zero attached hydrogens (tertiary/aromatic N) is 1. The second-order valence-electron chi connectivity index (χ2n) is 4.53. The molecule has 1 aromatic heterocycles. The van der Waals surface area contributed by atoms with Gasteiger partial charge in [0.25, 0.3) is 5.56 Å². The summed E-state index contributed by atoms with van der Waals surface area (Å²) in [5, 5.41) is 2.99. The molecule has 4 heteroatoms. The van der Waals surface area contributed by atoms with E-state index in [2.05, 4.69) is 18.9 Å². The first-order valence-corrected chi connectivity index (χ1v) is 5.63. The fourth-order valence-corrected chi connectivity index (χ4v) is 1.80. The van der Waals surface area contributed by atoms with Gasteiger partial charge in [-0.15, -0.1) is 0 Å². The largest absolute Gasteiger partial charge is 0.295 e. The molecule has 1 N–H and O–H groups in total. The molecule has 0 atom stereocenters. The van der Waals surface area contributed by atoms with Crippen molar-refractivity contribution in [2.45, 2.75) is 20.3 Å². The van der Waals surface area contributed by atoms with Crippen molar-refractivity contribution in [1.82, 2.24) is 9.78 Å². The lowest BCUT2D eigenvalue weighted by Crippen LogP contribution is -2.13. The number of hydrogen-bond donors (Lipinski definition) is 1. The lowest BCUT2D eigenvalue weighted by Gasteiger charge is -2.03. The zero-order valence-electron chi connectivity index (χ0n) is 9.90. The van der Waals surface area contributed by atoms with Gasteiger partial charge in [-0.3, -0.25) is 9.89 Å². The van der Waals surface area contributed by atoms with Crippen LogP contribution in [0, 0.1) is 11.7 Å². The van der Waals surface area contributed by atoms with Gasteiger partial charge in [-0.25, -0.2) is 9.07 Å². The fourth-order valence-electron chi connectivity index (χ4n) is 1.80. The van der Waals surface area contributed by atoms with Crippen molar-refractivity contribution in [3.63, 3.8) is 0 Å². The molecule has 0 aliphatic carbocycles. The molecule has 0 bridgehead atoms. The van der Waals surface area contributed by atoms with Gasteiger partial charge in [0.05, 0.1) is 5.69 Å². The number of H-pyrrole nitrogens is 1. The number of nitrogens with one attached hydrogen (secondary N) is 1. The number of aromatic nitrogens is 2. The Morgan fingerprint density at radius 3 is 2.76 bits per heavy atom. The summed E-state index contributed by atoms with van der Waals surface area (Å²) in [6.45, 7) is 4.16. The van der Waals surface area contributed by atoms with E-state index in [0.29, 0.717) is 11.6 Å². The number of aromatic amines is 1. The Bertz CT molecular complexity index is 569. The molecule has 90 valence electrons. The molecular weight excluding hydrogens is 219 g/mol. The molecule has 0 fully saturated rings. The summed E-state index contributed by atoms with van der Waals surface area (Å²) in [5.41, 5.74) is 1.23. The Morgan fingerprint density at radius 1 is 1.35 bits per heavy atom. The zero-order valence-corrected chi connectivity index (χ0v) is 9.90. The van der Waals surface area contributed by atoms with E-state index in [4.69, 9.17) is 0 Å². The summed E-state index contributed by atoms with van der Waals surface area (Å²) in [5.74, 6) is 0.114. The third-order valence-corrected chi connectivity index (χ3v) is 2.47. The van der Waals surface area contributed by atoms with Crippen molar-refractivity contribution < 1.29 is 4.39 Å². The third-order valence-electron chi connectivity index (χ3n) is 2.47. The number of hydrogen-bond acceptors (Lipinski definition) is 1. The smallest absolute Gasteiger partial charge is 0.271 e. The summed E-state index contributed by atoms with van der Waals surface area (Å²) in [7, 11) is 0. The van der Waals surface area contributed by atoms with Gasteiger partial charge in [0.15, 0.2) is 0 Å². The molecule has 0 amide bonds. The summed E-state index contributed by atoms with van der Waals surface area (Å²) in [6, 6.07) is 7.52. The van der Waals surface area contributed by atoms with Gasteiger partial charge in [0, 0.05) is 11.8 Å². The maximum atomic E-state index is 13.1. The Labute approximate surface area is 98.9 Å². The molecule has 2 rings (SSSR count). The first kappa shape index (κ1) is 11.6. The first-order valence-electron chi connectivity index (χ1n) is 5.63. The molecule has 17 heavy (non-hydrogen) atoms. The van der Waals surface area contributed by atoms with Gasteiger partial charge in [-0.1, -0.05) is 19.9 Å². The number of halogens is 1.